The summed E-state index contributed by atoms with van der Waals surface area (Å²) in [4.78, 5) is 0. The highest BCUT2D eigenvalue weighted by atomic mass is 16.5. The predicted molar refractivity (Wildman–Crippen MR) is 76.6 cm³/mol. The zero-order valence-electron chi connectivity index (χ0n) is 12.0. The molecule has 3 nitrogen and oxygen atoms in total. The average molecular weight is 262 g/mol. The van der Waals surface area contributed by atoms with Gasteiger partial charge in [0.05, 0.1) is 20.1 Å². The highest BCUT2D eigenvalue weighted by Crippen LogP contribution is 2.15. The normalized spacial score (nSPS) is 21.5. The Morgan fingerprint density at radius 1 is 1.32 bits per heavy atom. The summed E-state index contributed by atoms with van der Waals surface area (Å²) < 4.78 is 13.7. The third kappa shape index (κ3) is 3.80. The standard InChI is InChI=1S/C16H24NO2/c1-3-16(18-2)17-11-7-10-15(17)13-19-12-14-8-5-4-6-9-14/h4-6,8-9,15H,3,7,10-13H2,1-2H3/q+1/t15-/m0/s1. The summed E-state index contributed by atoms with van der Waals surface area (Å²) in [6.45, 7) is 4.71. The van der Waals surface area contributed by atoms with Crippen molar-refractivity contribution in [2.24, 2.45) is 0 Å². The molecule has 1 saturated heterocycles. The van der Waals surface area contributed by atoms with Gasteiger partial charge in [0.15, 0.2) is 6.04 Å². The molecule has 1 fully saturated rings. The molecular formula is C16H24NO2+. The molecule has 1 aliphatic heterocycles. The number of methoxy groups -OCH3 is 1. The van der Waals surface area contributed by atoms with Gasteiger partial charge < -0.3 is 9.47 Å². The fourth-order valence-electron chi connectivity index (χ4n) is 2.69. The molecule has 0 bridgehead atoms. The average Bonchev–Trinajstić information content (AvgIpc) is 2.90. The Bertz CT molecular complexity index is 408. The molecule has 1 aromatic carbocycles. The van der Waals surface area contributed by atoms with Crippen molar-refractivity contribution in [1.29, 1.82) is 0 Å². The van der Waals surface area contributed by atoms with E-state index in [1.54, 1.807) is 7.11 Å². The van der Waals surface area contributed by atoms with E-state index in [0.717, 1.165) is 25.5 Å². The largest absolute Gasteiger partial charge is 0.451 e. The van der Waals surface area contributed by atoms with Gasteiger partial charge in [-0.05, 0) is 5.56 Å². The van der Waals surface area contributed by atoms with Crippen molar-refractivity contribution in [2.75, 3.05) is 20.3 Å². The number of benzene rings is 1. The topological polar surface area (TPSA) is 21.5 Å². The van der Waals surface area contributed by atoms with E-state index in [4.69, 9.17) is 9.47 Å². The summed E-state index contributed by atoms with van der Waals surface area (Å²) in [5.74, 6) is 1.09. The molecule has 0 saturated carbocycles. The molecule has 19 heavy (non-hydrogen) atoms. The summed E-state index contributed by atoms with van der Waals surface area (Å²) in [7, 11) is 1.76. The summed E-state index contributed by atoms with van der Waals surface area (Å²) in [6.07, 6.45) is 3.37. The molecule has 0 aromatic heterocycles. The third-order valence-corrected chi connectivity index (χ3v) is 3.66. The Morgan fingerprint density at radius 2 is 2.11 bits per heavy atom. The quantitative estimate of drug-likeness (QED) is 0.601. The number of rotatable bonds is 5. The molecule has 0 spiro atoms. The fourth-order valence-corrected chi connectivity index (χ4v) is 2.69. The number of ether oxygens (including phenoxy) is 2. The van der Waals surface area contributed by atoms with Crippen LogP contribution in [0.5, 0.6) is 0 Å². The fraction of sp³-hybridized carbons (Fsp3) is 0.562. The summed E-state index contributed by atoms with van der Waals surface area (Å²) >= 11 is 0. The van der Waals surface area contributed by atoms with Gasteiger partial charge in [0.25, 0.3) is 0 Å². The van der Waals surface area contributed by atoms with Crippen LogP contribution in [0.2, 0.25) is 0 Å². The molecule has 2 rings (SSSR count). The van der Waals surface area contributed by atoms with E-state index in [1.807, 2.05) is 6.07 Å². The molecular weight excluding hydrogens is 238 g/mol. The molecule has 1 aromatic rings. The first-order chi connectivity index (χ1) is 9.35. The lowest BCUT2D eigenvalue weighted by atomic mass is 10.2. The first-order valence-electron chi connectivity index (χ1n) is 7.13. The van der Waals surface area contributed by atoms with Crippen molar-refractivity contribution < 1.29 is 14.0 Å². The smallest absolute Gasteiger partial charge is 0.335 e. The van der Waals surface area contributed by atoms with Crippen LogP contribution in [-0.2, 0) is 16.1 Å². The lowest BCUT2D eigenvalue weighted by Gasteiger charge is -2.11. The van der Waals surface area contributed by atoms with Crippen LogP contribution in [0.1, 0.15) is 31.7 Å². The van der Waals surface area contributed by atoms with Gasteiger partial charge in [-0.3, -0.25) is 0 Å². The molecule has 0 amide bonds. The van der Waals surface area contributed by atoms with Crippen LogP contribution in [0.4, 0.5) is 0 Å². The van der Waals surface area contributed by atoms with E-state index in [-0.39, 0.29) is 0 Å². The predicted octanol–water partition coefficient (Wildman–Crippen LogP) is 2.83. The zero-order chi connectivity index (χ0) is 13.5. The second-order valence-electron chi connectivity index (χ2n) is 4.94. The van der Waals surface area contributed by atoms with Gasteiger partial charge in [-0.25, -0.2) is 0 Å². The van der Waals surface area contributed by atoms with Crippen molar-refractivity contribution in [3.63, 3.8) is 0 Å². The Labute approximate surface area is 115 Å². The van der Waals surface area contributed by atoms with Gasteiger partial charge in [-0.1, -0.05) is 37.3 Å². The Morgan fingerprint density at radius 3 is 2.79 bits per heavy atom. The molecule has 3 heteroatoms. The maximum atomic E-state index is 5.86. The van der Waals surface area contributed by atoms with Crippen LogP contribution in [0.3, 0.4) is 0 Å². The molecule has 0 N–H and O–H groups in total. The Hall–Kier alpha value is -1.35. The maximum Gasteiger partial charge on any atom is 0.335 e. The third-order valence-electron chi connectivity index (χ3n) is 3.66. The first kappa shape index (κ1) is 14.1. The van der Waals surface area contributed by atoms with Crippen LogP contribution in [0.25, 0.3) is 0 Å². The van der Waals surface area contributed by atoms with Crippen molar-refractivity contribution in [3.8, 4) is 0 Å². The van der Waals surface area contributed by atoms with Crippen LogP contribution in [-0.4, -0.2) is 36.8 Å². The number of hydrogen-bond acceptors (Lipinski definition) is 2. The van der Waals surface area contributed by atoms with E-state index >= 15 is 0 Å². The van der Waals surface area contributed by atoms with Gasteiger partial charge in [0.1, 0.15) is 13.2 Å². The van der Waals surface area contributed by atoms with Gasteiger partial charge >= 0.3 is 5.90 Å². The van der Waals surface area contributed by atoms with Gasteiger partial charge in [0.2, 0.25) is 0 Å². The highest BCUT2D eigenvalue weighted by molar-refractivity contribution is 5.70. The van der Waals surface area contributed by atoms with Gasteiger partial charge in [-0.2, -0.15) is 4.58 Å². The monoisotopic (exact) mass is 262 g/mol. The highest BCUT2D eigenvalue weighted by Gasteiger charge is 2.31. The lowest BCUT2D eigenvalue weighted by Crippen LogP contribution is -2.31. The zero-order valence-corrected chi connectivity index (χ0v) is 12.0. The summed E-state index contributed by atoms with van der Waals surface area (Å²) in [5, 5.41) is 0. The molecule has 0 radical (unpaired) electrons. The van der Waals surface area contributed by atoms with E-state index in [0.29, 0.717) is 12.6 Å². The van der Waals surface area contributed by atoms with Gasteiger partial charge in [-0.15, -0.1) is 0 Å². The second kappa shape index (κ2) is 7.29. The van der Waals surface area contributed by atoms with Crippen LogP contribution < -0.4 is 0 Å². The van der Waals surface area contributed by atoms with E-state index in [9.17, 15) is 0 Å². The van der Waals surface area contributed by atoms with Crippen molar-refractivity contribution in [1.82, 2.24) is 0 Å². The van der Waals surface area contributed by atoms with E-state index in [1.165, 1.54) is 18.4 Å². The van der Waals surface area contributed by atoms with Crippen molar-refractivity contribution >= 4 is 5.90 Å². The molecule has 1 atom stereocenters. The van der Waals surface area contributed by atoms with Crippen LogP contribution >= 0.6 is 0 Å². The van der Waals surface area contributed by atoms with Crippen molar-refractivity contribution in [2.45, 2.75) is 38.8 Å². The molecule has 0 unspecified atom stereocenters. The van der Waals surface area contributed by atoms with E-state index < -0.39 is 0 Å². The minimum Gasteiger partial charge on any atom is -0.451 e. The van der Waals surface area contributed by atoms with Crippen LogP contribution in [0, 0.1) is 0 Å². The Kier molecular flexibility index (Phi) is 5.40. The Balaban J connectivity index is 1.87. The molecule has 0 aliphatic carbocycles. The molecule has 1 aliphatic rings. The van der Waals surface area contributed by atoms with Gasteiger partial charge in [0, 0.05) is 12.8 Å². The van der Waals surface area contributed by atoms with Crippen molar-refractivity contribution in [3.05, 3.63) is 35.9 Å². The second-order valence-corrected chi connectivity index (χ2v) is 4.94. The minimum absolute atomic E-state index is 0.471. The lowest BCUT2D eigenvalue weighted by molar-refractivity contribution is -0.556. The van der Waals surface area contributed by atoms with Crippen LogP contribution in [0.15, 0.2) is 30.3 Å². The number of nitrogens with zero attached hydrogens (tertiary/aromatic N) is 1. The number of hydrogen-bond donors (Lipinski definition) is 0. The SMILES string of the molecule is CCC(OC)=[N+]1CCC[C@H]1COCc1ccccc1. The van der Waals surface area contributed by atoms with E-state index in [2.05, 4.69) is 35.8 Å². The first-order valence-corrected chi connectivity index (χ1v) is 7.13. The summed E-state index contributed by atoms with van der Waals surface area (Å²) in [6, 6.07) is 10.8. The molecule has 104 valence electrons. The summed E-state index contributed by atoms with van der Waals surface area (Å²) in [5.41, 5.74) is 1.23. The minimum atomic E-state index is 0.471. The molecule has 1 heterocycles. The maximum absolute atomic E-state index is 5.86.